The van der Waals surface area contributed by atoms with Crippen molar-refractivity contribution in [2.75, 3.05) is 0 Å². The summed E-state index contributed by atoms with van der Waals surface area (Å²) in [5.74, 6) is 0.491. The number of nitrogens with zero attached hydrogens (tertiary/aromatic N) is 1. The quantitative estimate of drug-likeness (QED) is 0.452. The van der Waals surface area contributed by atoms with Crippen LogP contribution in [-0.4, -0.2) is 40.4 Å². The molecule has 1 aromatic rings. The van der Waals surface area contributed by atoms with Crippen LogP contribution in [0.1, 0.15) is 51.5 Å². The van der Waals surface area contributed by atoms with E-state index in [1.54, 1.807) is 0 Å². The minimum Gasteiger partial charge on any atom is -0.333 e. The number of carbonyl (C=O) groups is 1. The fourth-order valence-electron chi connectivity index (χ4n) is 4.57. The standard InChI is InChI=1S/C20H30N2O3/c1-14(11-12-16-7-4-3-5-8-16)21-19(25-24)20(23)22-15(2)13-17-9-6-10-18(17)22/h3-5,7-8,14-15,17-19,21,24H,6,9-13H2,1-2H3. The Labute approximate surface area is 150 Å². The van der Waals surface area contributed by atoms with E-state index >= 15 is 0 Å². The molecule has 2 aliphatic rings. The lowest BCUT2D eigenvalue weighted by molar-refractivity contribution is -0.283. The van der Waals surface area contributed by atoms with Crippen molar-refractivity contribution in [3.05, 3.63) is 35.9 Å². The van der Waals surface area contributed by atoms with E-state index < -0.39 is 6.23 Å². The van der Waals surface area contributed by atoms with Crippen molar-refractivity contribution in [3.8, 4) is 0 Å². The summed E-state index contributed by atoms with van der Waals surface area (Å²) in [6.07, 6.45) is 5.36. The summed E-state index contributed by atoms with van der Waals surface area (Å²) < 4.78 is 0. The van der Waals surface area contributed by atoms with Gasteiger partial charge in [0.25, 0.3) is 5.91 Å². The number of hydrogen-bond donors (Lipinski definition) is 2. The molecule has 25 heavy (non-hydrogen) atoms. The maximum absolute atomic E-state index is 12.9. The van der Waals surface area contributed by atoms with Gasteiger partial charge in [-0.05, 0) is 57.4 Å². The Morgan fingerprint density at radius 2 is 2.12 bits per heavy atom. The summed E-state index contributed by atoms with van der Waals surface area (Å²) in [7, 11) is 0. The Morgan fingerprint density at radius 3 is 2.84 bits per heavy atom. The van der Waals surface area contributed by atoms with Gasteiger partial charge in [-0.15, -0.1) is 0 Å². The van der Waals surface area contributed by atoms with Crippen LogP contribution in [0.25, 0.3) is 0 Å². The molecule has 5 unspecified atom stereocenters. The molecule has 3 rings (SSSR count). The lowest BCUT2D eigenvalue weighted by Crippen LogP contribution is -2.53. The van der Waals surface area contributed by atoms with Crippen molar-refractivity contribution < 1.29 is 14.9 Å². The van der Waals surface area contributed by atoms with E-state index in [0.29, 0.717) is 12.0 Å². The van der Waals surface area contributed by atoms with Crippen LogP contribution in [0.3, 0.4) is 0 Å². The Hall–Kier alpha value is -1.43. The highest BCUT2D eigenvalue weighted by molar-refractivity contribution is 5.81. The van der Waals surface area contributed by atoms with Crippen LogP contribution in [0, 0.1) is 5.92 Å². The predicted molar refractivity (Wildman–Crippen MR) is 96.9 cm³/mol. The van der Waals surface area contributed by atoms with E-state index in [4.69, 9.17) is 0 Å². The van der Waals surface area contributed by atoms with Crippen LogP contribution in [-0.2, 0) is 16.1 Å². The molecule has 1 heterocycles. The molecule has 2 N–H and O–H groups in total. The van der Waals surface area contributed by atoms with Gasteiger partial charge in [-0.25, -0.2) is 10.1 Å². The van der Waals surface area contributed by atoms with E-state index in [2.05, 4.69) is 29.3 Å². The monoisotopic (exact) mass is 346 g/mol. The number of benzene rings is 1. The molecular weight excluding hydrogens is 316 g/mol. The molecule has 1 aliphatic carbocycles. The molecule has 5 atom stereocenters. The third-order valence-corrected chi connectivity index (χ3v) is 5.82. The van der Waals surface area contributed by atoms with Gasteiger partial charge in [-0.3, -0.25) is 10.1 Å². The lowest BCUT2D eigenvalue weighted by Gasteiger charge is -2.31. The zero-order chi connectivity index (χ0) is 17.8. The molecule has 1 saturated heterocycles. The molecule has 1 saturated carbocycles. The molecular formula is C20H30N2O3. The molecule has 0 spiro atoms. The van der Waals surface area contributed by atoms with Crippen molar-refractivity contribution in [2.24, 2.45) is 5.92 Å². The SMILES string of the molecule is CC(CCc1ccccc1)NC(OO)C(=O)N1C(C)CC2CCCC21. The molecule has 1 amide bonds. The van der Waals surface area contributed by atoms with E-state index in [1.807, 2.05) is 30.0 Å². The van der Waals surface area contributed by atoms with Gasteiger partial charge < -0.3 is 4.90 Å². The van der Waals surface area contributed by atoms with Gasteiger partial charge in [0.2, 0.25) is 6.23 Å². The number of aryl methyl sites for hydroxylation is 1. The number of amides is 1. The number of fused-ring (bicyclic) bond motifs is 1. The van der Waals surface area contributed by atoms with E-state index in [-0.39, 0.29) is 18.0 Å². The average Bonchev–Trinajstić information content (AvgIpc) is 3.18. The van der Waals surface area contributed by atoms with E-state index in [1.165, 1.54) is 18.4 Å². The van der Waals surface area contributed by atoms with Gasteiger partial charge in [0.05, 0.1) is 0 Å². The maximum Gasteiger partial charge on any atom is 0.270 e. The van der Waals surface area contributed by atoms with Crippen LogP contribution in [0.4, 0.5) is 0 Å². The summed E-state index contributed by atoms with van der Waals surface area (Å²) in [6.45, 7) is 4.12. The molecule has 5 heteroatoms. The second-order valence-corrected chi connectivity index (χ2v) is 7.67. The third kappa shape index (κ3) is 4.22. The highest BCUT2D eigenvalue weighted by Crippen LogP contribution is 2.41. The van der Waals surface area contributed by atoms with E-state index in [9.17, 15) is 10.1 Å². The molecule has 1 aliphatic heterocycles. The first kappa shape index (κ1) is 18.4. The second-order valence-electron chi connectivity index (χ2n) is 7.67. The molecule has 0 bridgehead atoms. The summed E-state index contributed by atoms with van der Waals surface area (Å²) in [6, 6.07) is 10.9. The van der Waals surface area contributed by atoms with Crippen molar-refractivity contribution in [1.29, 1.82) is 0 Å². The molecule has 1 aromatic carbocycles. The van der Waals surface area contributed by atoms with Crippen LogP contribution >= 0.6 is 0 Å². The Bertz CT molecular complexity index is 565. The Morgan fingerprint density at radius 1 is 1.36 bits per heavy atom. The Balaban J connectivity index is 1.55. The zero-order valence-corrected chi connectivity index (χ0v) is 15.2. The van der Waals surface area contributed by atoms with Crippen LogP contribution in [0.2, 0.25) is 0 Å². The van der Waals surface area contributed by atoms with Crippen molar-refractivity contribution in [1.82, 2.24) is 10.2 Å². The summed E-state index contributed by atoms with van der Waals surface area (Å²) in [5, 5.41) is 12.5. The molecule has 0 radical (unpaired) electrons. The van der Waals surface area contributed by atoms with Gasteiger partial charge in [0.15, 0.2) is 0 Å². The maximum atomic E-state index is 12.9. The first-order chi connectivity index (χ1) is 12.1. The van der Waals surface area contributed by atoms with Crippen LogP contribution < -0.4 is 5.32 Å². The first-order valence-corrected chi connectivity index (χ1v) is 9.52. The smallest absolute Gasteiger partial charge is 0.270 e. The van der Waals surface area contributed by atoms with Gasteiger partial charge in [0, 0.05) is 18.1 Å². The normalized spacial score (nSPS) is 28.0. The average molecular weight is 346 g/mol. The first-order valence-electron chi connectivity index (χ1n) is 9.52. The largest absolute Gasteiger partial charge is 0.333 e. The third-order valence-electron chi connectivity index (χ3n) is 5.82. The van der Waals surface area contributed by atoms with Crippen LogP contribution in [0.5, 0.6) is 0 Å². The highest BCUT2D eigenvalue weighted by atomic mass is 17.1. The van der Waals surface area contributed by atoms with Crippen molar-refractivity contribution in [3.63, 3.8) is 0 Å². The number of likely N-dealkylation sites (tertiary alicyclic amines) is 1. The predicted octanol–water partition coefficient (Wildman–Crippen LogP) is 3.20. The van der Waals surface area contributed by atoms with Crippen molar-refractivity contribution >= 4 is 5.91 Å². The van der Waals surface area contributed by atoms with E-state index in [0.717, 1.165) is 25.7 Å². The fourth-order valence-corrected chi connectivity index (χ4v) is 4.57. The number of hydrogen-bond acceptors (Lipinski definition) is 4. The fraction of sp³-hybridized carbons (Fsp3) is 0.650. The van der Waals surface area contributed by atoms with Crippen molar-refractivity contribution in [2.45, 2.75) is 76.7 Å². The summed E-state index contributed by atoms with van der Waals surface area (Å²) in [4.78, 5) is 19.4. The lowest BCUT2D eigenvalue weighted by atomic mass is 10.0. The summed E-state index contributed by atoms with van der Waals surface area (Å²) >= 11 is 0. The second kappa shape index (κ2) is 8.30. The topological polar surface area (TPSA) is 61.8 Å². The van der Waals surface area contributed by atoms with Crippen LogP contribution in [0.15, 0.2) is 30.3 Å². The number of nitrogens with one attached hydrogen (secondary N) is 1. The number of carbonyl (C=O) groups excluding carboxylic acids is 1. The molecule has 0 aromatic heterocycles. The van der Waals surface area contributed by atoms with Gasteiger partial charge >= 0.3 is 0 Å². The van der Waals surface area contributed by atoms with Gasteiger partial charge in [-0.1, -0.05) is 36.8 Å². The Kier molecular flexibility index (Phi) is 6.10. The minimum atomic E-state index is -0.979. The van der Waals surface area contributed by atoms with Gasteiger partial charge in [-0.2, -0.15) is 0 Å². The highest BCUT2D eigenvalue weighted by Gasteiger charge is 2.46. The number of rotatable bonds is 7. The zero-order valence-electron chi connectivity index (χ0n) is 15.2. The molecule has 5 nitrogen and oxygen atoms in total. The molecule has 138 valence electrons. The summed E-state index contributed by atoms with van der Waals surface area (Å²) in [5.41, 5.74) is 1.27. The van der Waals surface area contributed by atoms with Gasteiger partial charge in [0.1, 0.15) is 0 Å². The molecule has 2 fully saturated rings. The minimum absolute atomic E-state index is 0.0681.